The number of pyridine rings is 1. The number of thiol groups is 1. The Bertz CT molecular complexity index is 288. The van der Waals surface area contributed by atoms with Crippen molar-refractivity contribution in [3.63, 3.8) is 0 Å². The fourth-order valence-corrected chi connectivity index (χ4v) is 1.22. The second-order valence-electron chi connectivity index (χ2n) is 2.30. The van der Waals surface area contributed by atoms with Crippen molar-refractivity contribution in [1.29, 1.82) is 0 Å². The normalized spacial score (nSPS) is 9.83. The molecule has 1 aromatic heterocycles. The van der Waals surface area contributed by atoms with Crippen LogP contribution in [-0.4, -0.2) is 23.0 Å². The Hall–Kier alpha value is -0.870. The fourth-order valence-electron chi connectivity index (χ4n) is 0.921. The van der Waals surface area contributed by atoms with Crippen LogP contribution in [0.25, 0.3) is 0 Å². The van der Waals surface area contributed by atoms with E-state index in [1.807, 2.05) is 0 Å². The molecule has 0 aliphatic heterocycles. The smallest absolute Gasteiger partial charge is 0.169 e. The third-order valence-electron chi connectivity index (χ3n) is 1.53. The Kier molecular flexibility index (Phi) is 3.25. The van der Waals surface area contributed by atoms with Crippen LogP contribution in [0.5, 0.6) is 0 Å². The molecule has 0 spiro atoms. The molecule has 0 fully saturated rings. The van der Waals surface area contributed by atoms with Crippen LogP contribution in [-0.2, 0) is 6.42 Å². The average Bonchev–Trinajstić information content (AvgIpc) is 2.09. The Morgan fingerprint density at radius 3 is 3.00 bits per heavy atom. The molecule has 0 aliphatic rings. The molecule has 64 valence electrons. The molecule has 0 unspecified atom stereocenters. The van der Waals surface area contributed by atoms with Gasteiger partial charge in [0.25, 0.3) is 0 Å². The van der Waals surface area contributed by atoms with E-state index in [1.54, 1.807) is 6.07 Å². The summed E-state index contributed by atoms with van der Waals surface area (Å²) in [4.78, 5) is 14.8. The van der Waals surface area contributed by atoms with Gasteiger partial charge in [0.15, 0.2) is 6.29 Å². The van der Waals surface area contributed by atoms with Crippen LogP contribution >= 0.6 is 12.6 Å². The summed E-state index contributed by atoms with van der Waals surface area (Å²) in [7, 11) is 0. The lowest BCUT2D eigenvalue weighted by molar-refractivity contribution is 0.111. The van der Waals surface area contributed by atoms with Gasteiger partial charge in [-0.2, -0.15) is 0 Å². The number of aliphatic hydroxyl groups excluding tert-OH is 1. The molecule has 3 nitrogen and oxygen atoms in total. The molecule has 4 heteroatoms. The van der Waals surface area contributed by atoms with Crippen molar-refractivity contribution in [1.82, 2.24) is 4.98 Å². The Labute approximate surface area is 75.9 Å². The van der Waals surface area contributed by atoms with Gasteiger partial charge in [-0.3, -0.25) is 9.78 Å². The van der Waals surface area contributed by atoms with Gasteiger partial charge in [-0.15, -0.1) is 12.6 Å². The van der Waals surface area contributed by atoms with Crippen molar-refractivity contribution in [2.24, 2.45) is 0 Å². The van der Waals surface area contributed by atoms with Crippen molar-refractivity contribution >= 4 is 18.9 Å². The maximum Gasteiger partial charge on any atom is 0.169 e. The highest BCUT2D eigenvalue weighted by Gasteiger charge is 2.03. The van der Waals surface area contributed by atoms with Gasteiger partial charge in [-0.05, 0) is 18.1 Å². The van der Waals surface area contributed by atoms with Gasteiger partial charge in [0.2, 0.25) is 0 Å². The molecule has 1 aromatic rings. The molecule has 12 heavy (non-hydrogen) atoms. The maximum absolute atomic E-state index is 10.4. The van der Waals surface area contributed by atoms with E-state index in [9.17, 15) is 4.79 Å². The first-order valence-electron chi connectivity index (χ1n) is 3.52. The maximum atomic E-state index is 10.4. The number of aliphatic hydroxyl groups is 1. The number of carbonyl (C=O) groups excluding carboxylic acids is 1. The van der Waals surface area contributed by atoms with Gasteiger partial charge >= 0.3 is 0 Å². The molecule has 0 bridgehead atoms. The van der Waals surface area contributed by atoms with E-state index < -0.39 is 0 Å². The van der Waals surface area contributed by atoms with Gasteiger partial charge in [-0.1, -0.05) is 0 Å². The largest absolute Gasteiger partial charge is 0.396 e. The van der Waals surface area contributed by atoms with Crippen LogP contribution in [0.1, 0.15) is 16.1 Å². The number of carbonyl (C=O) groups is 1. The molecule has 0 radical (unpaired) electrons. The molecular weight excluding hydrogens is 174 g/mol. The lowest BCUT2D eigenvalue weighted by atomic mass is 10.2. The van der Waals surface area contributed by atoms with Crippen molar-refractivity contribution in [2.45, 2.75) is 11.3 Å². The number of hydrogen-bond donors (Lipinski definition) is 2. The lowest BCUT2D eigenvalue weighted by Gasteiger charge is -2.03. The standard InChI is InChI=1S/C8H9NO2S/c10-4-2-6-1-3-9-7(5-11)8(6)12/h1,3,5,10,12H,2,4H2. The molecule has 0 atom stereocenters. The number of rotatable bonds is 3. The van der Waals surface area contributed by atoms with Crippen LogP contribution in [0.15, 0.2) is 17.2 Å². The molecule has 0 saturated heterocycles. The molecule has 1 heterocycles. The van der Waals surface area contributed by atoms with Gasteiger partial charge in [0.1, 0.15) is 5.69 Å². The summed E-state index contributed by atoms with van der Waals surface area (Å²) in [6.07, 6.45) is 2.69. The van der Waals surface area contributed by atoms with Crippen LogP contribution < -0.4 is 0 Å². The van der Waals surface area contributed by atoms with Crippen LogP contribution in [0.4, 0.5) is 0 Å². The van der Waals surface area contributed by atoms with E-state index in [0.29, 0.717) is 23.3 Å². The highest BCUT2D eigenvalue weighted by Crippen LogP contribution is 2.15. The number of nitrogens with zero attached hydrogens (tertiary/aromatic N) is 1. The molecule has 0 amide bonds. The van der Waals surface area contributed by atoms with Crippen LogP contribution in [0.3, 0.4) is 0 Å². The Morgan fingerprint density at radius 2 is 2.42 bits per heavy atom. The Morgan fingerprint density at radius 1 is 1.67 bits per heavy atom. The summed E-state index contributed by atoms with van der Waals surface area (Å²) in [6.45, 7) is 0.0515. The third kappa shape index (κ3) is 1.84. The van der Waals surface area contributed by atoms with E-state index in [1.165, 1.54) is 6.20 Å². The lowest BCUT2D eigenvalue weighted by Crippen LogP contribution is -1.97. The second kappa shape index (κ2) is 4.23. The molecule has 1 N–H and O–H groups in total. The van der Waals surface area contributed by atoms with Crippen molar-refractivity contribution < 1.29 is 9.90 Å². The zero-order chi connectivity index (χ0) is 8.97. The van der Waals surface area contributed by atoms with E-state index in [2.05, 4.69) is 17.6 Å². The first kappa shape index (κ1) is 9.22. The topological polar surface area (TPSA) is 50.2 Å². The zero-order valence-electron chi connectivity index (χ0n) is 6.40. The van der Waals surface area contributed by atoms with E-state index in [0.717, 1.165) is 5.56 Å². The highest BCUT2D eigenvalue weighted by atomic mass is 32.1. The molecular formula is C8H9NO2S. The van der Waals surface area contributed by atoms with Crippen LogP contribution in [0, 0.1) is 0 Å². The van der Waals surface area contributed by atoms with Gasteiger partial charge < -0.3 is 5.11 Å². The molecule has 0 aliphatic carbocycles. The summed E-state index contributed by atoms with van der Waals surface area (Å²) >= 11 is 4.12. The number of aldehydes is 1. The third-order valence-corrected chi connectivity index (χ3v) is 2.05. The van der Waals surface area contributed by atoms with Crippen molar-refractivity contribution in [3.8, 4) is 0 Å². The molecule has 0 aromatic carbocycles. The number of hydrogen-bond acceptors (Lipinski definition) is 4. The minimum Gasteiger partial charge on any atom is -0.396 e. The monoisotopic (exact) mass is 183 g/mol. The zero-order valence-corrected chi connectivity index (χ0v) is 7.29. The minimum absolute atomic E-state index is 0.0515. The molecule has 1 rings (SSSR count). The predicted octanol–water partition coefficient (Wildman–Crippen LogP) is 0.718. The highest BCUT2D eigenvalue weighted by molar-refractivity contribution is 7.80. The summed E-state index contributed by atoms with van der Waals surface area (Å²) in [6, 6.07) is 1.74. The van der Waals surface area contributed by atoms with E-state index in [-0.39, 0.29) is 6.61 Å². The minimum atomic E-state index is 0.0515. The molecule has 0 saturated carbocycles. The van der Waals surface area contributed by atoms with Gasteiger partial charge in [0, 0.05) is 17.7 Å². The predicted molar refractivity (Wildman–Crippen MR) is 47.7 cm³/mol. The van der Waals surface area contributed by atoms with Crippen LogP contribution in [0.2, 0.25) is 0 Å². The average molecular weight is 183 g/mol. The first-order valence-corrected chi connectivity index (χ1v) is 3.97. The van der Waals surface area contributed by atoms with Gasteiger partial charge in [0.05, 0.1) is 0 Å². The second-order valence-corrected chi connectivity index (χ2v) is 2.74. The number of aromatic nitrogens is 1. The van der Waals surface area contributed by atoms with E-state index in [4.69, 9.17) is 5.11 Å². The fraction of sp³-hybridized carbons (Fsp3) is 0.250. The van der Waals surface area contributed by atoms with Gasteiger partial charge in [-0.25, -0.2) is 0 Å². The van der Waals surface area contributed by atoms with Crippen molar-refractivity contribution in [2.75, 3.05) is 6.61 Å². The summed E-state index contributed by atoms with van der Waals surface area (Å²) in [5, 5.41) is 8.67. The Balaban J connectivity index is 3.04. The SMILES string of the molecule is O=Cc1nccc(CCO)c1S. The summed E-state index contributed by atoms with van der Waals surface area (Å²) < 4.78 is 0. The van der Waals surface area contributed by atoms with Crippen molar-refractivity contribution in [3.05, 3.63) is 23.5 Å². The van der Waals surface area contributed by atoms with E-state index >= 15 is 0 Å². The summed E-state index contributed by atoms with van der Waals surface area (Å²) in [5.41, 5.74) is 1.17. The first-order chi connectivity index (χ1) is 5.79. The summed E-state index contributed by atoms with van der Waals surface area (Å²) in [5.74, 6) is 0. The quantitative estimate of drug-likeness (QED) is 0.536.